The fraction of sp³-hybridized carbons (Fsp3) is 0. The minimum absolute atomic E-state index is 0.163. The average molecular weight is 531 g/mol. The Morgan fingerprint density at radius 2 is 1.47 bits per heavy atom. The van der Waals surface area contributed by atoms with Gasteiger partial charge in [0.15, 0.2) is 17.2 Å². The summed E-state index contributed by atoms with van der Waals surface area (Å²) in [6.45, 7) is 0. The molecular formula is C25H16Cl2N8S. The third-order valence-corrected chi connectivity index (χ3v) is 7.07. The van der Waals surface area contributed by atoms with Gasteiger partial charge in [-0.05, 0) is 48.5 Å². The number of fused-ring (bicyclic) bond motifs is 2. The Hall–Kier alpha value is -4.05. The lowest BCUT2D eigenvalue weighted by Gasteiger charge is -2.12. The molecule has 4 N–H and O–H groups in total. The van der Waals surface area contributed by atoms with Gasteiger partial charge in [0.2, 0.25) is 0 Å². The van der Waals surface area contributed by atoms with E-state index in [9.17, 15) is 0 Å². The van der Waals surface area contributed by atoms with Gasteiger partial charge in [-0.3, -0.25) is 0 Å². The van der Waals surface area contributed by atoms with E-state index in [4.69, 9.17) is 39.7 Å². The fourth-order valence-corrected chi connectivity index (χ4v) is 5.12. The summed E-state index contributed by atoms with van der Waals surface area (Å²) >= 11 is 13.7. The molecule has 6 aromatic rings. The molecule has 0 bridgehead atoms. The Bertz CT molecular complexity index is 1740. The van der Waals surface area contributed by atoms with Crippen LogP contribution in [0.5, 0.6) is 0 Å². The Morgan fingerprint density at radius 3 is 2.19 bits per heavy atom. The van der Waals surface area contributed by atoms with Crippen LogP contribution < -0.4 is 11.5 Å². The maximum Gasteiger partial charge on any atom is 0.187 e. The third-order valence-electron chi connectivity index (χ3n) is 5.51. The third kappa shape index (κ3) is 3.93. The molecule has 0 saturated carbocycles. The summed E-state index contributed by atoms with van der Waals surface area (Å²) in [5, 5.41) is 15.1. The van der Waals surface area contributed by atoms with Gasteiger partial charge in [-0.25, -0.2) is 14.5 Å². The minimum Gasteiger partial charge on any atom is -0.383 e. The fourth-order valence-electron chi connectivity index (χ4n) is 3.85. The molecular weight excluding hydrogens is 515 g/mol. The van der Waals surface area contributed by atoms with E-state index in [-0.39, 0.29) is 11.6 Å². The summed E-state index contributed by atoms with van der Waals surface area (Å²) in [4.78, 5) is 9.45. The maximum atomic E-state index is 6.57. The number of nitrogen functional groups attached to an aromatic ring is 2. The van der Waals surface area contributed by atoms with Crippen molar-refractivity contribution in [2.75, 3.05) is 11.5 Å². The molecule has 3 aromatic heterocycles. The molecule has 3 heterocycles. The standard InChI is InChI=1S/C25H16Cl2N8S/c26-14-7-5-13(6-8-14)21-19(25-30-17-3-1-2-4-18(17)36-25)22(28)31-24-20(23(29)34-35(21)24)33-32-16-11-9-15(27)10-12-16/h1-12H,(H2,28,31)(H2,29,34). The Morgan fingerprint density at radius 1 is 0.778 bits per heavy atom. The molecule has 0 fully saturated rings. The number of benzene rings is 3. The van der Waals surface area contributed by atoms with Crippen molar-refractivity contribution in [3.05, 3.63) is 82.8 Å². The van der Waals surface area contributed by atoms with Crippen LogP contribution in [-0.2, 0) is 0 Å². The number of nitrogens with zero attached hydrogens (tertiary/aromatic N) is 6. The van der Waals surface area contributed by atoms with Crippen LogP contribution in [0.25, 0.3) is 37.7 Å². The van der Waals surface area contributed by atoms with Gasteiger partial charge in [-0.2, -0.15) is 5.11 Å². The zero-order chi connectivity index (χ0) is 24.8. The van der Waals surface area contributed by atoms with Crippen LogP contribution in [-0.4, -0.2) is 19.6 Å². The van der Waals surface area contributed by atoms with Gasteiger partial charge >= 0.3 is 0 Å². The molecule has 0 radical (unpaired) electrons. The van der Waals surface area contributed by atoms with Crippen LogP contribution >= 0.6 is 34.5 Å². The topological polar surface area (TPSA) is 120 Å². The van der Waals surface area contributed by atoms with Crippen molar-refractivity contribution >= 4 is 73.4 Å². The van der Waals surface area contributed by atoms with E-state index in [1.54, 1.807) is 40.9 Å². The Kier molecular flexibility index (Phi) is 5.52. The molecule has 0 atom stereocenters. The second-order valence-electron chi connectivity index (χ2n) is 7.86. The van der Waals surface area contributed by atoms with Gasteiger partial charge in [-0.1, -0.05) is 47.5 Å². The van der Waals surface area contributed by atoms with Gasteiger partial charge in [0, 0.05) is 15.6 Å². The predicted octanol–water partition coefficient (Wildman–Crippen LogP) is 7.56. The van der Waals surface area contributed by atoms with E-state index in [0.717, 1.165) is 15.8 Å². The molecule has 6 rings (SSSR count). The summed E-state index contributed by atoms with van der Waals surface area (Å²) in [7, 11) is 0. The highest BCUT2D eigenvalue weighted by molar-refractivity contribution is 7.21. The van der Waals surface area contributed by atoms with Crippen molar-refractivity contribution in [3.8, 4) is 21.8 Å². The highest BCUT2D eigenvalue weighted by Crippen LogP contribution is 2.42. The van der Waals surface area contributed by atoms with Crippen LogP contribution in [0.4, 0.5) is 23.0 Å². The number of aromatic nitrogens is 4. The van der Waals surface area contributed by atoms with Gasteiger partial charge in [0.05, 0.1) is 27.2 Å². The number of para-hydroxylation sites is 1. The number of thiazole rings is 1. The predicted molar refractivity (Wildman–Crippen MR) is 146 cm³/mol. The number of nitrogens with two attached hydrogens (primary N) is 2. The van der Waals surface area contributed by atoms with E-state index >= 15 is 0 Å². The molecule has 176 valence electrons. The SMILES string of the molecule is Nc1nc2c(N=Nc3ccc(Cl)cc3)c(N)nn2c(-c2ccc(Cl)cc2)c1-c1nc2ccccc2s1. The number of rotatable bonds is 4. The molecule has 36 heavy (non-hydrogen) atoms. The molecule has 11 heteroatoms. The lowest BCUT2D eigenvalue weighted by atomic mass is 10.1. The van der Waals surface area contributed by atoms with E-state index in [2.05, 4.69) is 20.3 Å². The molecule has 8 nitrogen and oxygen atoms in total. The highest BCUT2D eigenvalue weighted by atomic mass is 35.5. The zero-order valence-corrected chi connectivity index (χ0v) is 20.8. The number of azo groups is 1. The molecule has 0 unspecified atom stereocenters. The van der Waals surface area contributed by atoms with E-state index in [0.29, 0.717) is 43.3 Å². The smallest absolute Gasteiger partial charge is 0.187 e. The van der Waals surface area contributed by atoms with Gasteiger partial charge < -0.3 is 11.5 Å². The van der Waals surface area contributed by atoms with E-state index in [1.807, 2.05) is 36.4 Å². The second kappa shape index (κ2) is 8.87. The molecule has 0 amide bonds. The van der Waals surface area contributed by atoms with Crippen molar-refractivity contribution < 1.29 is 0 Å². The quantitative estimate of drug-likeness (QED) is 0.228. The first-order chi connectivity index (χ1) is 17.5. The normalized spacial score (nSPS) is 11.7. The van der Waals surface area contributed by atoms with Crippen LogP contribution in [0.3, 0.4) is 0 Å². The van der Waals surface area contributed by atoms with Gasteiger partial charge in [0.25, 0.3) is 0 Å². The van der Waals surface area contributed by atoms with Crippen molar-refractivity contribution in [1.82, 2.24) is 19.6 Å². The van der Waals surface area contributed by atoms with E-state index < -0.39 is 0 Å². The summed E-state index contributed by atoms with van der Waals surface area (Å²) in [5.74, 6) is 0.436. The summed E-state index contributed by atoms with van der Waals surface area (Å²) in [5.41, 5.74) is 17.2. The summed E-state index contributed by atoms with van der Waals surface area (Å²) < 4.78 is 2.67. The number of hydrogen-bond donors (Lipinski definition) is 2. The average Bonchev–Trinajstić information content (AvgIpc) is 3.43. The largest absolute Gasteiger partial charge is 0.383 e. The second-order valence-corrected chi connectivity index (χ2v) is 9.76. The van der Waals surface area contributed by atoms with E-state index in [1.165, 1.54) is 11.3 Å². The van der Waals surface area contributed by atoms with Crippen molar-refractivity contribution in [3.63, 3.8) is 0 Å². The lowest BCUT2D eigenvalue weighted by molar-refractivity contribution is 0.957. The van der Waals surface area contributed by atoms with Crippen LogP contribution in [0.15, 0.2) is 83.0 Å². The van der Waals surface area contributed by atoms with Crippen LogP contribution in [0.2, 0.25) is 10.0 Å². The molecule has 0 aliphatic carbocycles. The molecule has 0 spiro atoms. The van der Waals surface area contributed by atoms with Crippen molar-refractivity contribution in [1.29, 1.82) is 0 Å². The first-order valence-corrected chi connectivity index (χ1v) is 12.3. The van der Waals surface area contributed by atoms with Crippen LogP contribution in [0.1, 0.15) is 0 Å². The summed E-state index contributed by atoms with van der Waals surface area (Å²) in [6, 6.07) is 22.2. The first-order valence-electron chi connectivity index (χ1n) is 10.7. The number of hydrogen-bond acceptors (Lipinski definition) is 8. The molecule has 0 saturated heterocycles. The monoisotopic (exact) mass is 530 g/mol. The van der Waals surface area contributed by atoms with Crippen molar-refractivity contribution in [2.24, 2.45) is 10.2 Å². The number of anilines is 2. The van der Waals surface area contributed by atoms with Gasteiger partial charge in [0.1, 0.15) is 10.8 Å². The summed E-state index contributed by atoms with van der Waals surface area (Å²) in [6.07, 6.45) is 0. The minimum atomic E-state index is 0.163. The molecule has 0 aliphatic rings. The Labute approximate surface area is 218 Å². The number of halogens is 2. The lowest BCUT2D eigenvalue weighted by Crippen LogP contribution is -2.05. The molecule has 0 aliphatic heterocycles. The zero-order valence-electron chi connectivity index (χ0n) is 18.4. The molecule has 3 aromatic carbocycles. The van der Waals surface area contributed by atoms with Crippen molar-refractivity contribution in [2.45, 2.75) is 0 Å². The van der Waals surface area contributed by atoms with Gasteiger partial charge in [-0.15, -0.1) is 21.5 Å². The van der Waals surface area contributed by atoms with Crippen LogP contribution in [0, 0.1) is 0 Å². The Balaban J connectivity index is 1.61. The highest BCUT2D eigenvalue weighted by Gasteiger charge is 2.24. The first kappa shape index (κ1) is 22.4. The maximum absolute atomic E-state index is 6.57.